The van der Waals surface area contributed by atoms with Gasteiger partial charge in [0, 0.05) is 19.4 Å². The maximum absolute atomic E-state index is 12.8. The summed E-state index contributed by atoms with van der Waals surface area (Å²) in [6, 6.07) is 12.4. The van der Waals surface area contributed by atoms with Gasteiger partial charge in [-0.25, -0.2) is 5.48 Å². The minimum atomic E-state index is -0.881. The molecule has 7 nitrogen and oxygen atoms in total. The summed E-state index contributed by atoms with van der Waals surface area (Å²) < 4.78 is 0. The van der Waals surface area contributed by atoms with Crippen LogP contribution in [0.15, 0.2) is 42.5 Å². The van der Waals surface area contributed by atoms with Gasteiger partial charge in [0.15, 0.2) is 0 Å². The first-order valence-corrected chi connectivity index (χ1v) is 9.29. The zero-order valence-electron chi connectivity index (χ0n) is 16.4. The molecule has 0 bridgehead atoms. The second kappa shape index (κ2) is 9.85. The summed E-state index contributed by atoms with van der Waals surface area (Å²) in [5.41, 5.74) is 2.22. The van der Waals surface area contributed by atoms with Crippen molar-refractivity contribution in [3.63, 3.8) is 0 Å². The lowest BCUT2D eigenvalue weighted by atomic mass is 9.92. The fraction of sp³-hybridized carbons (Fsp3) is 0.381. The molecule has 0 fully saturated rings. The summed E-state index contributed by atoms with van der Waals surface area (Å²) in [6.45, 7) is 3.88. The number of benzene rings is 2. The molecule has 2 rings (SSSR count). The van der Waals surface area contributed by atoms with Crippen LogP contribution in [-0.2, 0) is 14.4 Å². The Hall–Kier alpha value is -2.93. The van der Waals surface area contributed by atoms with Gasteiger partial charge in [0.05, 0.1) is 0 Å². The average Bonchev–Trinajstić information content (AvgIpc) is 2.69. The van der Waals surface area contributed by atoms with Gasteiger partial charge in [-0.15, -0.1) is 0 Å². The Balaban J connectivity index is 2.29. The zero-order valence-corrected chi connectivity index (χ0v) is 16.4. The monoisotopic (exact) mass is 385 g/mol. The summed E-state index contributed by atoms with van der Waals surface area (Å²) >= 11 is 0. The molecule has 2 atom stereocenters. The summed E-state index contributed by atoms with van der Waals surface area (Å²) in [5.74, 6) is -1.87. The topological polar surface area (TPSA) is 108 Å². The maximum Gasteiger partial charge on any atom is 0.246 e. The Morgan fingerprint density at radius 3 is 2.29 bits per heavy atom. The van der Waals surface area contributed by atoms with Crippen molar-refractivity contribution in [3.8, 4) is 0 Å². The second-order valence-electron chi connectivity index (χ2n) is 7.23. The van der Waals surface area contributed by atoms with Crippen molar-refractivity contribution in [2.24, 2.45) is 11.8 Å². The summed E-state index contributed by atoms with van der Waals surface area (Å²) in [6.07, 6.45) is 0.302. The second-order valence-corrected chi connectivity index (χ2v) is 7.23. The van der Waals surface area contributed by atoms with E-state index in [4.69, 9.17) is 5.21 Å². The molecule has 7 heteroatoms. The van der Waals surface area contributed by atoms with Crippen LogP contribution in [0.5, 0.6) is 0 Å². The van der Waals surface area contributed by atoms with Gasteiger partial charge in [-0.05, 0) is 34.7 Å². The molecule has 0 aliphatic heterocycles. The zero-order chi connectivity index (χ0) is 20.7. The summed E-state index contributed by atoms with van der Waals surface area (Å²) in [4.78, 5) is 36.9. The van der Waals surface area contributed by atoms with Gasteiger partial charge < -0.3 is 10.6 Å². The molecule has 2 aromatic rings. The van der Waals surface area contributed by atoms with Gasteiger partial charge in [-0.1, -0.05) is 50.2 Å². The molecule has 4 N–H and O–H groups in total. The fourth-order valence-electron chi connectivity index (χ4n) is 3.21. The minimum Gasteiger partial charge on any atom is -0.357 e. The van der Waals surface area contributed by atoms with E-state index in [0.29, 0.717) is 12.0 Å². The number of hydroxylamine groups is 1. The number of amides is 3. The smallest absolute Gasteiger partial charge is 0.246 e. The van der Waals surface area contributed by atoms with Crippen LogP contribution in [0, 0.1) is 11.8 Å². The minimum absolute atomic E-state index is 0.154. The van der Waals surface area contributed by atoms with Crippen molar-refractivity contribution in [2.75, 3.05) is 7.05 Å². The van der Waals surface area contributed by atoms with Crippen LogP contribution in [0.1, 0.15) is 38.3 Å². The molecular weight excluding hydrogens is 358 g/mol. The molecule has 0 saturated heterocycles. The molecule has 0 aliphatic rings. The van der Waals surface area contributed by atoms with E-state index in [2.05, 4.69) is 10.6 Å². The Morgan fingerprint density at radius 2 is 1.68 bits per heavy atom. The number of hydrogen-bond acceptors (Lipinski definition) is 4. The quantitative estimate of drug-likeness (QED) is 0.413. The summed E-state index contributed by atoms with van der Waals surface area (Å²) in [7, 11) is 1.51. The normalized spacial score (nSPS) is 13.0. The molecule has 0 heterocycles. The number of hydrogen-bond donors (Lipinski definition) is 4. The van der Waals surface area contributed by atoms with Gasteiger partial charge in [0.1, 0.15) is 6.04 Å². The van der Waals surface area contributed by atoms with Crippen molar-refractivity contribution in [1.29, 1.82) is 0 Å². The van der Waals surface area contributed by atoms with E-state index < -0.39 is 23.8 Å². The third-order valence-electron chi connectivity index (χ3n) is 4.59. The maximum atomic E-state index is 12.8. The highest BCUT2D eigenvalue weighted by atomic mass is 16.5. The first kappa shape index (κ1) is 21.4. The van der Waals surface area contributed by atoms with E-state index >= 15 is 0 Å². The number of nitrogens with one attached hydrogen (secondary N) is 3. The van der Waals surface area contributed by atoms with Crippen molar-refractivity contribution >= 4 is 28.5 Å². The molecule has 2 aromatic carbocycles. The molecule has 0 spiro atoms. The molecule has 0 aliphatic carbocycles. The van der Waals surface area contributed by atoms with Gasteiger partial charge in [-0.3, -0.25) is 19.6 Å². The van der Waals surface area contributed by atoms with E-state index in [1.165, 1.54) is 7.05 Å². The summed E-state index contributed by atoms with van der Waals surface area (Å²) in [5, 5.41) is 16.1. The lowest BCUT2D eigenvalue weighted by Gasteiger charge is -2.23. The van der Waals surface area contributed by atoms with Crippen molar-refractivity contribution < 1.29 is 19.6 Å². The van der Waals surface area contributed by atoms with Crippen LogP contribution >= 0.6 is 0 Å². The molecule has 0 unspecified atom stereocenters. The van der Waals surface area contributed by atoms with Crippen LogP contribution in [0.3, 0.4) is 0 Å². The van der Waals surface area contributed by atoms with E-state index in [0.717, 1.165) is 10.8 Å². The van der Waals surface area contributed by atoms with E-state index in [-0.39, 0.29) is 18.2 Å². The highest BCUT2D eigenvalue weighted by Crippen LogP contribution is 2.23. The van der Waals surface area contributed by atoms with E-state index in [1.807, 2.05) is 50.2 Å². The predicted octanol–water partition coefficient (Wildman–Crippen LogP) is 2.30. The third-order valence-corrected chi connectivity index (χ3v) is 4.59. The molecule has 0 saturated carbocycles. The first-order chi connectivity index (χ1) is 13.3. The molecule has 0 radical (unpaired) electrons. The molecule has 0 aromatic heterocycles. The Kier molecular flexibility index (Phi) is 7.52. The number of carbonyl (C=O) groups excluding carboxylic acids is 3. The van der Waals surface area contributed by atoms with Crippen molar-refractivity contribution in [3.05, 3.63) is 48.0 Å². The van der Waals surface area contributed by atoms with Gasteiger partial charge in [0.25, 0.3) is 0 Å². The molecular formula is C21H27N3O4. The van der Waals surface area contributed by atoms with Gasteiger partial charge in [0.2, 0.25) is 17.7 Å². The van der Waals surface area contributed by atoms with Crippen LogP contribution in [0.25, 0.3) is 10.8 Å². The number of rotatable bonds is 8. The van der Waals surface area contributed by atoms with Crippen molar-refractivity contribution in [2.45, 2.75) is 32.7 Å². The molecule has 150 valence electrons. The number of fused-ring (bicyclic) bond motifs is 1. The third kappa shape index (κ3) is 5.53. The highest BCUT2D eigenvalue weighted by Gasteiger charge is 2.28. The first-order valence-electron chi connectivity index (χ1n) is 9.29. The van der Waals surface area contributed by atoms with E-state index in [1.54, 1.807) is 11.5 Å². The largest absolute Gasteiger partial charge is 0.357 e. The van der Waals surface area contributed by atoms with Crippen LogP contribution < -0.4 is 16.1 Å². The molecule has 3 amide bonds. The van der Waals surface area contributed by atoms with Crippen molar-refractivity contribution in [1.82, 2.24) is 16.1 Å². The Labute approximate surface area is 164 Å². The number of likely N-dealkylation sites (N-methyl/N-ethyl adjacent to an activating group) is 1. The van der Waals surface area contributed by atoms with Crippen LogP contribution in [0.4, 0.5) is 0 Å². The Morgan fingerprint density at radius 1 is 1.00 bits per heavy atom. The Bertz CT molecular complexity index is 850. The SMILES string of the molecule is CNC(=O)[C@@H](NC(=O)[C@@H](CC(=O)NO)CC(C)C)c1ccc2ccccc2c1. The highest BCUT2D eigenvalue weighted by molar-refractivity contribution is 5.92. The lowest BCUT2D eigenvalue weighted by molar-refractivity contribution is -0.136. The van der Waals surface area contributed by atoms with Gasteiger partial charge >= 0.3 is 0 Å². The molecule has 28 heavy (non-hydrogen) atoms. The fourth-order valence-corrected chi connectivity index (χ4v) is 3.21. The van der Waals surface area contributed by atoms with Crippen LogP contribution in [0.2, 0.25) is 0 Å². The predicted molar refractivity (Wildman–Crippen MR) is 106 cm³/mol. The van der Waals surface area contributed by atoms with E-state index in [9.17, 15) is 14.4 Å². The van der Waals surface area contributed by atoms with Gasteiger partial charge in [-0.2, -0.15) is 0 Å². The standard InChI is InChI=1S/C21H27N3O4/c1-13(2)10-17(12-18(25)24-28)20(26)23-19(21(27)22-3)16-9-8-14-6-4-5-7-15(14)11-16/h4-9,11,13,17,19,28H,10,12H2,1-3H3,(H,22,27)(H,23,26)(H,24,25)/t17-,19+/m1/s1. The lowest BCUT2D eigenvalue weighted by Crippen LogP contribution is -2.42. The average molecular weight is 385 g/mol. The van der Waals surface area contributed by atoms with Crippen LogP contribution in [-0.4, -0.2) is 30.0 Å². The number of carbonyl (C=O) groups is 3.